The number of hydrazine groups is 1. The first-order valence-corrected chi connectivity index (χ1v) is 10.1. The van der Waals surface area contributed by atoms with E-state index in [1.54, 1.807) is 7.05 Å². The van der Waals surface area contributed by atoms with Crippen LogP contribution in [0.4, 0.5) is 4.79 Å². The third kappa shape index (κ3) is 4.24. The van der Waals surface area contributed by atoms with Gasteiger partial charge in [0.15, 0.2) is 6.61 Å². The first-order valence-electron chi connectivity index (χ1n) is 10.1. The zero-order valence-electron chi connectivity index (χ0n) is 17.6. The fourth-order valence-electron chi connectivity index (χ4n) is 4.04. The van der Waals surface area contributed by atoms with Gasteiger partial charge in [-0.15, -0.1) is 0 Å². The molecule has 162 valence electrons. The second-order valence-corrected chi connectivity index (χ2v) is 7.98. The van der Waals surface area contributed by atoms with Gasteiger partial charge in [0.05, 0.1) is 0 Å². The first-order chi connectivity index (χ1) is 14.2. The molecular formula is C21H28N4O5. The molecular weight excluding hydrogens is 388 g/mol. The molecule has 3 rings (SSSR count). The second-order valence-electron chi connectivity index (χ2n) is 7.98. The lowest BCUT2D eigenvalue weighted by Crippen LogP contribution is -2.51. The van der Waals surface area contributed by atoms with Gasteiger partial charge in [0, 0.05) is 7.05 Å². The van der Waals surface area contributed by atoms with Gasteiger partial charge in [-0.2, -0.15) is 0 Å². The normalized spacial score (nSPS) is 18.0. The number of nitrogens with zero attached hydrogens (tertiary/aromatic N) is 2. The van der Waals surface area contributed by atoms with E-state index in [2.05, 4.69) is 10.9 Å². The predicted octanol–water partition coefficient (Wildman–Crippen LogP) is 1.43. The highest BCUT2D eigenvalue weighted by Gasteiger charge is 2.55. The predicted molar refractivity (Wildman–Crippen MR) is 108 cm³/mol. The zero-order chi connectivity index (χ0) is 21.9. The van der Waals surface area contributed by atoms with E-state index < -0.39 is 29.9 Å². The minimum Gasteiger partial charge on any atom is -0.483 e. The quantitative estimate of drug-likeness (QED) is 0.558. The highest BCUT2D eigenvalue weighted by Crippen LogP contribution is 2.39. The standard InChI is InChI=1S/C21H28N4O5/c1-14-7-8-15(2)16(11-14)30-13-18(27)23-22-17(26)12-25-19(28)21(24(3)20(25)29)9-5-4-6-10-21/h7-8,11H,4-6,9-10,12-13H2,1-3H3,(H,22,26)(H,23,27). The van der Waals surface area contributed by atoms with Crippen LogP contribution < -0.4 is 15.6 Å². The van der Waals surface area contributed by atoms with E-state index in [0.717, 1.165) is 35.3 Å². The monoisotopic (exact) mass is 416 g/mol. The SMILES string of the molecule is Cc1ccc(C)c(OCC(=O)NNC(=O)CN2C(=O)N(C)C3(CCCCC3)C2=O)c1. The Morgan fingerprint density at radius 2 is 1.73 bits per heavy atom. The largest absolute Gasteiger partial charge is 0.483 e. The van der Waals surface area contributed by atoms with E-state index in [0.29, 0.717) is 18.6 Å². The maximum atomic E-state index is 12.9. The van der Waals surface area contributed by atoms with Crippen LogP contribution in [0.3, 0.4) is 0 Å². The van der Waals surface area contributed by atoms with Crippen LogP contribution in [-0.4, -0.2) is 59.3 Å². The van der Waals surface area contributed by atoms with Gasteiger partial charge in [0.1, 0.15) is 17.8 Å². The summed E-state index contributed by atoms with van der Waals surface area (Å²) in [7, 11) is 1.61. The molecule has 30 heavy (non-hydrogen) atoms. The second kappa shape index (κ2) is 8.73. The van der Waals surface area contributed by atoms with Crippen molar-refractivity contribution in [2.24, 2.45) is 0 Å². The van der Waals surface area contributed by atoms with Crippen molar-refractivity contribution in [2.75, 3.05) is 20.2 Å². The van der Waals surface area contributed by atoms with Gasteiger partial charge >= 0.3 is 6.03 Å². The summed E-state index contributed by atoms with van der Waals surface area (Å²) in [6.07, 6.45) is 4.00. The molecule has 1 aliphatic carbocycles. The maximum absolute atomic E-state index is 12.9. The molecule has 5 amide bonds. The highest BCUT2D eigenvalue weighted by atomic mass is 16.5. The van der Waals surface area contributed by atoms with Crippen LogP contribution in [0.5, 0.6) is 5.75 Å². The van der Waals surface area contributed by atoms with E-state index >= 15 is 0 Å². The first kappa shape index (κ1) is 21.6. The Hall–Kier alpha value is -3.10. The average Bonchev–Trinajstić information content (AvgIpc) is 2.90. The number of aryl methyl sites for hydroxylation is 2. The molecule has 9 heteroatoms. The van der Waals surface area contributed by atoms with Gasteiger partial charge in [-0.05, 0) is 43.9 Å². The Bertz CT molecular complexity index is 863. The van der Waals surface area contributed by atoms with Gasteiger partial charge in [0.25, 0.3) is 17.7 Å². The van der Waals surface area contributed by atoms with E-state index in [-0.39, 0.29) is 12.5 Å². The molecule has 1 saturated carbocycles. The topological polar surface area (TPSA) is 108 Å². The number of amides is 5. The van der Waals surface area contributed by atoms with Crippen molar-refractivity contribution in [2.45, 2.75) is 51.5 Å². The van der Waals surface area contributed by atoms with Crippen molar-refractivity contribution in [1.82, 2.24) is 20.7 Å². The van der Waals surface area contributed by atoms with Gasteiger partial charge in [-0.25, -0.2) is 4.79 Å². The highest BCUT2D eigenvalue weighted by molar-refractivity contribution is 6.09. The van der Waals surface area contributed by atoms with Crippen molar-refractivity contribution < 1.29 is 23.9 Å². The van der Waals surface area contributed by atoms with Crippen LogP contribution in [0.25, 0.3) is 0 Å². The van der Waals surface area contributed by atoms with Crippen LogP contribution in [0.15, 0.2) is 18.2 Å². The van der Waals surface area contributed by atoms with E-state index in [1.165, 1.54) is 4.90 Å². The van der Waals surface area contributed by atoms with Gasteiger partial charge in [-0.3, -0.25) is 30.1 Å². The summed E-state index contributed by atoms with van der Waals surface area (Å²) in [6.45, 7) is 3.07. The third-order valence-corrected chi connectivity index (χ3v) is 5.83. The summed E-state index contributed by atoms with van der Waals surface area (Å²) in [4.78, 5) is 52.0. The van der Waals surface area contributed by atoms with E-state index in [9.17, 15) is 19.2 Å². The Balaban J connectivity index is 1.49. The smallest absolute Gasteiger partial charge is 0.327 e. The number of urea groups is 1. The maximum Gasteiger partial charge on any atom is 0.327 e. The molecule has 0 atom stereocenters. The summed E-state index contributed by atoms with van der Waals surface area (Å²) in [5, 5.41) is 0. The van der Waals surface area contributed by atoms with Crippen LogP contribution in [0, 0.1) is 13.8 Å². The lowest BCUT2D eigenvalue weighted by atomic mass is 9.81. The number of rotatable bonds is 5. The molecule has 0 bridgehead atoms. The molecule has 1 aromatic carbocycles. The number of imide groups is 1. The average molecular weight is 416 g/mol. The van der Waals surface area contributed by atoms with Crippen molar-refractivity contribution >= 4 is 23.8 Å². The molecule has 1 aliphatic heterocycles. The molecule has 2 N–H and O–H groups in total. The molecule has 0 aromatic heterocycles. The van der Waals surface area contributed by atoms with E-state index in [1.807, 2.05) is 32.0 Å². The number of hydrogen-bond acceptors (Lipinski definition) is 5. The molecule has 1 saturated heterocycles. The fourth-order valence-corrected chi connectivity index (χ4v) is 4.04. The molecule has 1 heterocycles. The molecule has 2 aliphatic rings. The van der Waals surface area contributed by atoms with Gasteiger partial charge in [0.2, 0.25) is 0 Å². The summed E-state index contributed by atoms with van der Waals surface area (Å²) >= 11 is 0. The molecule has 0 unspecified atom stereocenters. The minimum atomic E-state index is -0.835. The molecule has 1 aromatic rings. The van der Waals surface area contributed by atoms with Crippen molar-refractivity contribution in [3.63, 3.8) is 0 Å². The number of hydrogen-bond donors (Lipinski definition) is 2. The fraction of sp³-hybridized carbons (Fsp3) is 0.524. The van der Waals surface area contributed by atoms with Crippen LogP contribution in [0.1, 0.15) is 43.2 Å². The number of carbonyl (C=O) groups excluding carboxylic acids is 4. The zero-order valence-corrected chi connectivity index (χ0v) is 17.6. The molecule has 2 fully saturated rings. The Labute approximate surface area is 175 Å². The Kier molecular flexibility index (Phi) is 6.28. The lowest BCUT2D eigenvalue weighted by Gasteiger charge is -2.35. The van der Waals surface area contributed by atoms with E-state index in [4.69, 9.17) is 4.74 Å². The van der Waals surface area contributed by atoms with Crippen LogP contribution >= 0.6 is 0 Å². The summed E-state index contributed by atoms with van der Waals surface area (Å²) < 4.78 is 5.48. The van der Waals surface area contributed by atoms with Crippen LogP contribution in [-0.2, 0) is 14.4 Å². The number of nitrogens with one attached hydrogen (secondary N) is 2. The Morgan fingerprint density at radius 1 is 1.07 bits per heavy atom. The summed E-state index contributed by atoms with van der Waals surface area (Å²) in [6, 6.07) is 5.17. The number of ether oxygens (including phenoxy) is 1. The number of benzene rings is 1. The van der Waals surface area contributed by atoms with Gasteiger partial charge in [-0.1, -0.05) is 31.4 Å². The molecule has 9 nitrogen and oxygen atoms in total. The molecule has 1 spiro atoms. The molecule has 0 radical (unpaired) electrons. The minimum absolute atomic E-state index is 0.280. The van der Waals surface area contributed by atoms with Crippen molar-refractivity contribution in [1.29, 1.82) is 0 Å². The number of carbonyl (C=O) groups is 4. The van der Waals surface area contributed by atoms with Crippen molar-refractivity contribution in [3.05, 3.63) is 29.3 Å². The van der Waals surface area contributed by atoms with Crippen molar-refractivity contribution in [3.8, 4) is 5.75 Å². The summed E-state index contributed by atoms with van der Waals surface area (Å²) in [5.74, 6) is -0.956. The lowest BCUT2D eigenvalue weighted by molar-refractivity contribution is -0.138. The summed E-state index contributed by atoms with van der Waals surface area (Å²) in [5.41, 5.74) is 5.54. The van der Waals surface area contributed by atoms with Crippen LogP contribution in [0.2, 0.25) is 0 Å². The third-order valence-electron chi connectivity index (χ3n) is 5.83. The van der Waals surface area contributed by atoms with Gasteiger partial charge < -0.3 is 9.64 Å². The Morgan fingerprint density at radius 3 is 2.43 bits per heavy atom. The number of likely N-dealkylation sites (N-methyl/N-ethyl adjacent to an activating group) is 1.